The van der Waals surface area contributed by atoms with E-state index in [2.05, 4.69) is 24.3 Å². The van der Waals surface area contributed by atoms with Crippen LogP contribution in [-0.4, -0.2) is 42.6 Å². The van der Waals surface area contributed by atoms with Crippen molar-refractivity contribution in [3.63, 3.8) is 0 Å². The number of hydrogen-bond donors (Lipinski definition) is 0. The number of carbonyl (C=O) groups is 1. The first kappa shape index (κ1) is 23.0. The molecule has 0 N–H and O–H groups in total. The Labute approximate surface area is 196 Å². The lowest BCUT2D eigenvalue weighted by atomic mass is 9.91. The van der Waals surface area contributed by atoms with Crippen LogP contribution < -0.4 is 4.74 Å². The Morgan fingerprint density at radius 3 is 2.52 bits per heavy atom. The van der Waals surface area contributed by atoms with Crippen LogP contribution in [0.25, 0.3) is 11.1 Å². The van der Waals surface area contributed by atoms with E-state index in [9.17, 15) is 4.79 Å². The molecule has 3 aromatic rings. The highest BCUT2D eigenvalue weighted by Crippen LogP contribution is 2.31. The number of pyridine rings is 1. The lowest BCUT2D eigenvalue weighted by molar-refractivity contribution is 0.0705. The molecule has 0 saturated carbocycles. The fourth-order valence-electron chi connectivity index (χ4n) is 4.40. The van der Waals surface area contributed by atoms with Gasteiger partial charge >= 0.3 is 0 Å². The summed E-state index contributed by atoms with van der Waals surface area (Å²) in [6, 6.07) is 20.2. The second kappa shape index (κ2) is 10.6. The van der Waals surface area contributed by atoms with E-state index in [1.54, 1.807) is 7.11 Å². The highest BCUT2D eigenvalue weighted by Gasteiger charge is 2.26. The van der Waals surface area contributed by atoms with Crippen molar-refractivity contribution >= 4 is 5.91 Å². The third-order valence-electron chi connectivity index (χ3n) is 6.20. The van der Waals surface area contributed by atoms with Gasteiger partial charge in [0.15, 0.2) is 0 Å². The van der Waals surface area contributed by atoms with E-state index in [0.717, 1.165) is 58.8 Å². The van der Waals surface area contributed by atoms with Crippen molar-refractivity contribution in [2.45, 2.75) is 39.2 Å². The Morgan fingerprint density at radius 1 is 1.06 bits per heavy atom. The summed E-state index contributed by atoms with van der Waals surface area (Å²) in [6.07, 6.45) is 2.02. The van der Waals surface area contributed by atoms with Gasteiger partial charge < -0.3 is 14.4 Å². The van der Waals surface area contributed by atoms with Crippen LogP contribution >= 0.6 is 0 Å². The Balaban J connectivity index is 1.49. The van der Waals surface area contributed by atoms with Crippen LogP contribution in [-0.2, 0) is 11.3 Å². The molecule has 1 amide bonds. The molecule has 2 heterocycles. The van der Waals surface area contributed by atoms with Crippen molar-refractivity contribution in [3.05, 3.63) is 83.2 Å². The molecule has 172 valence electrons. The molecule has 4 rings (SSSR count). The van der Waals surface area contributed by atoms with Crippen molar-refractivity contribution in [2.75, 3.05) is 26.8 Å². The standard InChI is InChI=1S/C28H32N2O3/c1-4-33-19-21-7-9-23(10-8-21)28(31)30-15-5-6-24(18-30)27-17-25(16-20(2)29-27)22-11-13-26(32-3)14-12-22/h7-14,16-17,24H,4-6,15,18-19H2,1-3H3. The maximum absolute atomic E-state index is 13.2. The smallest absolute Gasteiger partial charge is 0.253 e. The van der Waals surface area contributed by atoms with Crippen molar-refractivity contribution in [1.82, 2.24) is 9.88 Å². The van der Waals surface area contributed by atoms with Crippen LogP contribution in [0.15, 0.2) is 60.7 Å². The number of rotatable bonds is 7. The Morgan fingerprint density at radius 2 is 1.82 bits per heavy atom. The molecular formula is C28H32N2O3. The second-order valence-corrected chi connectivity index (χ2v) is 8.57. The molecule has 1 aliphatic rings. The highest BCUT2D eigenvalue weighted by molar-refractivity contribution is 5.94. The predicted molar refractivity (Wildman–Crippen MR) is 131 cm³/mol. The van der Waals surface area contributed by atoms with Crippen LogP contribution in [0.5, 0.6) is 5.75 Å². The largest absolute Gasteiger partial charge is 0.497 e. The third-order valence-corrected chi connectivity index (χ3v) is 6.20. The zero-order chi connectivity index (χ0) is 23.2. The van der Waals surface area contributed by atoms with Crippen LogP contribution in [0.3, 0.4) is 0 Å². The molecule has 1 fully saturated rings. The molecule has 1 unspecified atom stereocenters. The lowest BCUT2D eigenvalue weighted by Crippen LogP contribution is -2.39. The third kappa shape index (κ3) is 5.60. The number of aromatic nitrogens is 1. The van der Waals surface area contributed by atoms with Crippen LogP contribution in [0.2, 0.25) is 0 Å². The van der Waals surface area contributed by atoms with Gasteiger partial charge in [-0.1, -0.05) is 24.3 Å². The number of amides is 1. The van der Waals surface area contributed by atoms with Crippen molar-refractivity contribution in [2.24, 2.45) is 0 Å². The number of piperidine rings is 1. The fraction of sp³-hybridized carbons (Fsp3) is 0.357. The highest BCUT2D eigenvalue weighted by atomic mass is 16.5. The van der Waals surface area contributed by atoms with Crippen LogP contribution in [0, 0.1) is 6.92 Å². The molecule has 0 aliphatic carbocycles. The summed E-state index contributed by atoms with van der Waals surface area (Å²) < 4.78 is 10.7. The molecule has 5 heteroatoms. The predicted octanol–water partition coefficient (Wildman–Crippen LogP) is 5.62. The van der Waals surface area contributed by atoms with E-state index >= 15 is 0 Å². The second-order valence-electron chi connectivity index (χ2n) is 8.57. The van der Waals surface area contributed by atoms with E-state index in [-0.39, 0.29) is 11.8 Å². The number of ether oxygens (including phenoxy) is 2. The van der Waals surface area contributed by atoms with Gasteiger partial charge in [-0.25, -0.2) is 0 Å². The number of carbonyl (C=O) groups excluding carboxylic acids is 1. The first-order valence-electron chi connectivity index (χ1n) is 11.7. The van der Waals surface area contributed by atoms with Gasteiger partial charge in [0.05, 0.1) is 13.7 Å². The Hall–Kier alpha value is -3.18. The van der Waals surface area contributed by atoms with Gasteiger partial charge in [-0.3, -0.25) is 9.78 Å². The number of aryl methyl sites for hydroxylation is 1. The quantitative estimate of drug-likeness (QED) is 0.474. The molecule has 1 aliphatic heterocycles. The fourth-order valence-corrected chi connectivity index (χ4v) is 4.40. The van der Waals surface area contributed by atoms with Gasteiger partial charge in [0.25, 0.3) is 5.91 Å². The van der Waals surface area contributed by atoms with Gasteiger partial charge in [0.1, 0.15) is 5.75 Å². The average Bonchev–Trinajstić information content (AvgIpc) is 2.87. The van der Waals surface area contributed by atoms with Crippen LogP contribution in [0.4, 0.5) is 0 Å². The Kier molecular flexibility index (Phi) is 7.40. The van der Waals surface area contributed by atoms with Gasteiger partial charge in [-0.2, -0.15) is 0 Å². The number of methoxy groups -OCH3 is 1. The molecule has 1 atom stereocenters. The van der Waals surface area contributed by atoms with E-state index < -0.39 is 0 Å². The first-order valence-corrected chi connectivity index (χ1v) is 11.7. The molecule has 0 bridgehead atoms. The van der Waals surface area contributed by atoms with Gasteiger partial charge in [-0.15, -0.1) is 0 Å². The number of likely N-dealkylation sites (tertiary alicyclic amines) is 1. The molecule has 0 spiro atoms. The minimum absolute atomic E-state index is 0.0886. The number of benzene rings is 2. The molecule has 1 saturated heterocycles. The van der Waals surface area contributed by atoms with Crippen molar-refractivity contribution in [3.8, 4) is 16.9 Å². The topological polar surface area (TPSA) is 51.7 Å². The first-order chi connectivity index (χ1) is 16.1. The minimum Gasteiger partial charge on any atom is -0.497 e. The minimum atomic E-state index is 0.0886. The van der Waals surface area contributed by atoms with Crippen LogP contribution in [0.1, 0.15) is 53.0 Å². The Bertz CT molecular complexity index is 1080. The lowest BCUT2D eigenvalue weighted by Gasteiger charge is -2.33. The monoisotopic (exact) mass is 444 g/mol. The van der Waals surface area contributed by atoms with E-state index in [0.29, 0.717) is 19.8 Å². The van der Waals surface area contributed by atoms with Gasteiger partial charge in [0, 0.05) is 42.6 Å². The number of nitrogens with zero attached hydrogens (tertiary/aromatic N) is 2. The molecule has 0 radical (unpaired) electrons. The zero-order valence-corrected chi connectivity index (χ0v) is 19.7. The average molecular weight is 445 g/mol. The molecule has 1 aromatic heterocycles. The SMILES string of the molecule is CCOCc1ccc(C(=O)N2CCCC(c3cc(-c4ccc(OC)cc4)cc(C)n3)C2)cc1. The normalized spacial score (nSPS) is 16.0. The van der Waals surface area contributed by atoms with E-state index in [4.69, 9.17) is 14.5 Å². The van der Waals surface area contributed by atoms with Gasteiger partial charge in [0.2, 0.25) is 0 Å². The maximum atomic E-state index is 13.2. The van der Waals surface area contributed by atoms with Crippen molar-refractivity contribution < 1.29 is 14.3 Å². The summed E-state index contributed by atoms with van der Waals surface area (Å²) in [6.45, 7) is 6.75. The molecule has 5 nitrogen and oxygen atoms in total. The summed E-state index contributed by atoms with van der Waals surface area (Å²) in [5, 5.41) is 0. The summed E-state index contributed by atoms with van der Waals surface area (Å²) in [7, 11) is 1.68. The summed E-state index contributed by atoms with van der Waals surface area (Å²) >= 11 is 0. The van der Waals surface area contributed by atoms with E-state index in [1.165, 1.54) is 0 Å². The maximum Gasteiger partial charge on any atom is 0.253 e. The van der Waals surface area contributed by atoms with Crippen molar-refractivity contribution in [1.29, 1.82) is 0 Å². The summed E-state index contributed by atoms with van der Waals surface area (Å²) in [4.78, 5) is 20.0. The summed E-state index contributed by atoms with van der Waals surface area (Å²) in [5.74, 6) is 1.17. The molecule has 33 heavy (non-hydrogen) atoms. The van der Waals surface area contributed by atoms with Gasteiger partial charge in [-0.05, 0) is 79.8 Å². The zero-order valence-electron chi connectivity index (χ0n) is 19.7. The number of hydrogen-bond acceptors (Lipinski definition) is 4. The summed E-state index contributed by atoms with van der Waals surface area (Å²) in [5.41, 5.74) is 6.15. The molecule has 2 aromatic carbocycles. The van der Waals surface area contributed by atoms with E-state index in [1.807, 2.05) is 55.1 Å². The molecular weight excluding hydrogens is 412 g/mol.